The van der Waals surface area contributed by atoms with Crippen LogP contribution in [0.3, 0.4) is 0 Å². The van der Waals surface area contributed by atoms with Gasteiger partial charge in [0.2, 0.25) is 0 Å². The Morgan fingerprint density at radius 2 is 1.89 bits per heavy atom. The largest absolute Gasteiger partial charge is 0.317 e. The van der Waals surface area contributed by atoms with E-state index in [0.29, 0.717) is 6.42 Å². The fourth-order valence-corrected chi connectivity index (χ4v) is 0.789. The van der Waals surface area contributed by atoms with Crippen molar-refractivity contribution in [3.05, 3.63) is 0 Å². The average Bonchev–Trinajstić information content (AvgIpc) is 1.89. The van der Waals surface area contributed by atoms with E-state index in [4.69, 9.17) is 0 Å². The number of rotatable bonds is 6. The van der Waals surface area contributed by atoms with E-state index in [1.807, 2.05) is 0 Å². The second-order valence-corrected chi connectivity index (χ2v) is 2.63. The quantitative estimate of drug-likeness (QED) is 0.506. The van der Waals surface area contributed by atoms with Crippen LogP contribution in [0.25, 0.3) is 0 Å². The minimum atomic E-state index is -0.207. The van der Waals surface area contributed by atoms with Crippen LogP contribution in [0.15, 0.2) is 0 Å². The third kappa shape index (κ3) is 8.37. The van der Waals surface area contributed by atoms with E-state index in [1.54, 1.807) is 0 Å². The third-order valence-corrected chi connectivity index (χ3v) is 1.54. The van der Waals surface area contributed by atoms with Crippen molar-refractivity contribution in [1.29, 1.82) is 0 Å². The first kappa shape index (κ1) is 9.37. The van der Waals surface area contributed by atoms with Crippen molar-refractivity contribution in [1.82, 2.24) is 5.32 Å². The Kier molecular flexibility index (Phi) is 8.71. The summed E-state index contributed by atoms with van der Waals surface area (Å²) in [5.74, 6) is 0. The summed E-state index contributed by atoms with van der Waals surface area (Å²) in [4.78, 5) is 0. The molecule has 0 amide bonds. The predicted molar refractivity (Wildman–Crippen MR) is 41.9 cm³/mol. The van der Waals surface area contributed by atoms with E-state index in [0.717, 1.165) is 24.8 Å². The van der Waals surface area contributed by atoms with Gasteiger partial charge in [-0.15, -0.1) is 0 Å². The van der Waals surface area contributed by atoms with Gasteiger partial charge in [0.1, 0.15) is 0 Å². The highest BCUT2D eigenvalue weighted by Gasteiger charge is 1.85. The van der Waals surface area contributed by atoms with Gasteiger partial charge in [-0.2, -0.15) is 0 Å². The maximum atomic E-state index is 11.5. The molecule has 0 radical (unpaired) electrons. The summed E-state index contributed by atoms with van der Waals surface area (Å²) in [5, 5.41) is 4.14. The Morgan fingerprint density at radius 3 is 2.44 bits per heavy atom. The number of nitrogens with one attached hydrogen (secondary N) is 1. The monoisotopic (exact) mass is 197 g/mol. The maximum Gasteiger partial charge on any atom is 0.0906 e. The van der Waals surface area contributed by atoms with Crippen LogP contribution in [0.1, 0.15) is 12.8 Å². The van der Waals surface area contributed by atoms with Gasteiger partial charge in [0.25, 0.3) is 0 Å². The molecule has 3 heteroatoms. The first-order valence-electron chi connectivity index (χ1n) is 3.24. The second kappa shape index (κ2) is 8.37. The standard InChI is InChI=1S/C6H13BrFN/c7-3-1-5-9-6-2-4-8/h9H,1-6H2. The van der Waals surface area contributed by atoms with Crippen LogP contribution in [0, 0.1) is 0 Å². The smallest absolute Gasteiger partial charge is 0.0906 e. The molecule has 0 aromatic carbocycles. The summed E-state index contributed by atoms with van der Waals surface area (Å²) in [5.41, 5.74) is 0. The van der Waals surface area contributed by atoms with E-state index in [2.05, 4.69) is 21.2 Å². The zero-order valence-corrected chi connectivity index (χ0v) is 7.08. The van der Waals surface area contributed by atoms with Crippen LogP contribution in [0.4, 0.5) is 4.39 Å². The number of halogens is 2. The van der Waals surface area contributed by atoms with Crippen molar-refractivity contribution in [2.75, 3.05) is 25.1 Å². The lowest BCUT2D eigenvalue weighted by Crippen LogP contribution is -2.17. The molecule has 1 N–H and O–H groups in total. The van der Waals surface area contributed by atoms with E-state index in [-0.39, 0.29) is 6.67 Å². The molecule has 0 aromatic heterocycles. The Morgan fingerprint density at radius 1 is 1.22 bits per heavy atom. The van der Waals surface area contributed by atoms with Gasteiger partial charge < -0.3 is 5.32 Å². The Labute approximate surface area is 64.1 Å². The first-order valence-corrected chi connectivity index (χ1v) is 4.36. The molecule has 0 aliphatic rings. The minimum Gasteiger partial charge on any atom is -0.317 e. The fraction of sp³-hybridized carbons (Fsp3) is 1.00. The fourth-order valence-electron chi connectivity index (χ4n) is 0.509. The van der Waals surface area contributed by atoms with Crippen LogP contribution in [-0.2, 0) is 0 Å². The molecular formula is C6H13BrFN. The summed E-state index contributed by atoms with van der Waals surface area (Å²) in [6.07, 6.45) is 1.76. The van der Waals surface area contributed by atoms with E-state index >= 15 is 0 Å². The van der Waals surface area contributed by atoms with Crippen LogP contribution >= 0.6 is 15.9 Å². The van der Waals surface area contributed by atoms with Gasteiger partial charge in [0.05, 0.1) is 6.67 Å². The molecule has 0 aromatic rings. The highest BCUT2D eigenvalue weighted by molar-refractivity contribution is 9.09. The summed E-state index contributed by atoms with van der Waals surface area (Å²) < 4.78 is 11.5. The van der Waals surface area contributed by atoms with Gasteiger partial charge in [-0.25, -0.2) is 0 Å². The van der Waals surface area contributed by atoms with Gasteiger partial charge in [0, 0.05) is 5.33 Å². The lowest BCUT2D eigenvalue weighted by atomic mass is 10.4. The average molecular weight is 198 g/mol. The van der Waals surface area contributed by atoms with Gasteiger partial charge >= 0.3 is 0 Å². The van der Waals surface area contributed by atoms with Crippen LogP contribution < -0.4 is 5.32 Å². The highest BCUT2D eigenvalue weighted by Crippen LogP contribution is 1.84. The molecule has 0 heterocycles. The Balaban J connectivity index is 2.60. The van der Waals surface area contributed by atoms with Crippen LogP contribution in [0.5, 0.6) is 0 Å². The molecule has 0 fully saturated rings. The number of alkyl halides is 2. The third-order valence-electron chi connectivity index (χ3n) is 0.974. The lowest BCUT2D eigenvalue weighted by molar-refractivity contribution is 0.460. The van der Waals surface area contributed by atoms with E-state index < -0.39 is 0 Å². The molecule has 0 saturated carbocycles. The first-order chi connectivity index (χ1) is 4.41. The van der Waals surface area contributed by atoms with Crippen molar-refractivity contribution < 1.29 is 4.39 Å². The molecular weight excluding hydrogens is 185 g/mol. The molecule has 0 aliphatic carbocycles. The van der Waals surface area contributed by atoms with Gasteiger partial charge in [0.15, 0.2) is 0 Å². The lowest BCUT2D eigenvalue weighted by Gasteiger charge is -1.98. The van der Waals surface area contributed by atoms with Gasteiger partial charge in [-0.05, 0) is 25.9 Å². The zero-order valence-electron chi connectivity index (χ0n) is 5.50. The molecule has 56 valence electrons. The van der Waals surface area contributed by atoms with Crippen LogP contribution in [0.2, 0.25) is 0 Å². The molecule has 1 nitrogen and oxygen atoms in total. The second-order valence-electron chi connectivity index (χ2n) is 1.84. The zero-order chi connectivity index (χ0) is 6.95. The van der Waals surface area contributed by atoms with Crippen molar-refractivity contribution in [2.45, 2.75) is 12.8 Å². The van der Waals surface area contributed by atoms with Gasteiger partial charge in [-0.1, -0.05) is 15.9 Å². The van der Waals surface area contributed by atoms with Crippen molar-refractivity contribution in [3.8, 4) is 0 Å². The Hall–Kier alpha value is 0.370. The summed E-state index contributed by atoms with van der Waals surface area (Å²) in [6.45, 7) is 1.59. The molecule has 9 heavy (non-hydrogen) atoms. The summed E-state index contributed by atoms with van der Waals surface area (Å²) in [7, 11) is 0. The maximum absolute atomic E-state index is 11.5. The molecule has 0 atom stereocenters. The predicted octanol–water partition coefficient (Wildman–Crippen LogP) is 1.72. The molecule has 0 rings (SSSR count). The van der Waals surface area contributed by atoms with Gasteiger partial charge in [-0.3, -0.25) is 4.39 Å². The molecule has 0 aliphatic heterocycles. The highest BCUT2D eigenvalue weighted by atomic mass is 79.9. The summed E-state index contributed by atoms with van der Waals surface area (Å²) >= 11 is 3.30. The Bertz CT molecular complexity index is 46.3. The molecule has 0 saturated heterocycles. The van der Waals surface area contributed by atoms with Crippen molar-refractivity contribution in [2.24, 2.45) is 0 Å². The number of hydrogen-bond acceptors (Lipinski definition) is 1. The van der Waals surface area contributed by atoms with E-state index in [9.17, 15) is 4.39 Å². The van der Waals surface area contributed by atoms with Crippen molar-refractivity contribution >= 4 is 15.9 Å². The molecule has 0 spiro atoms. The number of hydrogen-bond donors (Lipinski definition) is 1. The molecule has 0 unspecified atom stereocenters. The van der Waals surface area contributed by atoms with E-state index in [1.165, 1.54) is 0 Å². The SMILES string of the molecule is FCCCNCCCBr. The van der Waals surface area contributed by atoms with Crippen molar-refractivity contribution in [3.63, 3.8) is 0 Å². The molecule has 0 bridgehead atoms. The minimum absolute atomic E-state index is 0.207. The topological polar surface area (TPSA) is 12.0 Å². The normalized spacial score (nSPS) is 10.0. The van der Waals surface area contributed by atoms with Crippen LogP contribution in [-0.4, -0.2) is 25.1 Å². The summed E-state index contributed by atoms with van der Waals surface area (Å²) in [6, 6.07) is 0.